The molecule has 28 heavy (non-hydrogen) atoms. The van der Waals surface area contributed by atoms with E-state index in [9.17, 15) is 9.59 Å². The Bertz CT molecular complexity index is 1240. The standard InChI is InChI=1S/C20H13N3O3S2/c21-8-9-23-16(11-26-20(25)15-7-4-10-27-15)22-18-17(19(23)24)14(12-28-18)13-5-2-1-3-6-13/h1-7,10,12H,9,11H2. The van der Waals surface area contributed by atoms with Gasteiger partial charge < -0.3 is 4.74 Å². The van der Waals surface area contributed by atoms with Crippen LogP contribution in [0.1, 0.15) is 15.5 Å². The van der Waals surface area contributed by atoms with Gasteiger partial charge in [0.15, 0.2) is 5.82 Å². The Morgan fingerprint density at radius 1 is 1.18 bits per heavy atom. The molecule has 0 aliphatic rings. The highest BCUT2D eigenvalue weighted by atomic mass is 32.1. The quantitative estimate of drug-likeness (QED) is 0.466. The molecule has 4 rings (SSSR count). The fourth-order valence-electron chi connectivity index (χ4n) is 2.84. The lowest BCUT2D eigenvalue weighted by Crippen LogP contribution is -2.25. The molecule has 0 amide bonds. The van der Waals surface area contributed by atoms with Crippen molar-refractivity contribution in [2.75, 3.05) is 0 Å². The van der Waals surface area contributed by atoms with Crippen molar-refractivity contribution in [3.63, 3.8) is 0 Å². The van der Waals surface area contributed by atoms with Crippen molar-refractivity contribution >= 4 is 38.9 Å². The molecule has 0 fully saturated rings. The Hall–Kier alpha value is -3.28. The highest BCUT2D eigenvalue weighted by Gasteiger charge is 2.18. The van der Waals surface area contributed by atoms with Crippen LogP contribution in [-0.4, -0.2) is 15.5 Å². The number of carbonyl (C=O) groups is 1. The third-order valence-corrected chi connectivity index (χ3v) is 5.86. The average Bonchev–Trinajstić information content (AvgIpc) is 3.39. The molecule has 0 N–H and O–H groups in total. The van der Waals surface area contributed by atoms with Crippen molar-refractivity contribution in [3.8, 4) is 17.2 Å². The molecule has 4 aromatic rings. The SMILES string of the molecule is N#CCn1c(COC(=O)c2cccs2)nc2scc(-c3ccccc3)c2c1=O. The van der Waals surface area contributed by atoms with E-state index in [-0.39, 0.29) is 24.5 Å². The van der Waals surface area contributed by atoms with Gasteiger partial charge in [0.05, 0.1) is 11.5 Å². The highest BCUT2D eigenvalue weighted by molar-refractivity contribution is 7.17. The fourth-order valence-corrected chi connectivity index (χ4v) is 4.41. The molecule has 3 aromatic heterocycles. The van der Waals surface area contributed by atoms with Gasteiger partial charge in [-0.25, -0.2) is 9.78 Å². The Balaban J connectivity index is 1.75. The topological polar surface area (TPSA) is 85.0 Å². The Morgan fingerprint density at radius 2 is 2.00 bits per heavy atom. The first-order chi connectivity index (χ1) is 13.7. The molecule has 0 radical (unpaired) electrons. The van der Waals surface area contributed by atoms with Crippen molar-refractivity contribution in [2.24, 2.45) is 0 Å². The van der Waals surface area contributed by atoms with E-state index >= 15 is 0 Å². The molecule has 0 unspecified atom stereocenters. The van der Waals surface area contributed by atoms with Crippen LogP contribution in [0, 0.1) is 11.3 Å². The van der Waals surface area contributed by atoms with E-state index in [4.69, 9.17) is 10.00 Å². The number of rotatable bonds is 5. The zero-order valence-corrected chi connectivity index (χ0v) is 16.1. The molecule has 138 valence electrons. The minimum absolute atomic E-state index is 0.169. The van der Waals surface area contributed by atoms with Gasteiger partial charge in [0.2, 0.25) is 0 Å². The van der Waals surface area contributed by atoms with Gasteiger partial charge in [-0.05, 0) is 17.0 Å². The number of ether oxygens (including phenoxy) is 1. The molecule has 0 atom stereocenters. The third-order valence-electron chi connectivity index (χ3n) is 4.14. The lowest BCUT2D eigenvalue weighted by Gasteiger charge is -2.10. The first kappa shape index (κ1) is 18.1. The van der Waals surface area contributed by atoms with E-state index in [1.54, 1.807) is 17.5 Å². The first-order valence-electron chi connectivity index (χ1n) is 8.33. The smallest absolute Gasteiger partial charge is 0.348 e. The molecule has 1 aromatic carbocycles. The van der Waals surface area contributed by atoms with Crippen LogP contribution in [-0.2, 0) is 17.9 Å². The van der Waals surface area contributed by atoms with E-state index < -0.39 is 5.97 Å². The van der Waals surface area contributed by atoms with Crippen molar-refractivity contribution in [1.82, 2.24) is 9.55 Å². The summed E-state index contributed by atoms with van der Waals surface area (Å²) in [6.07, 6.45) is 0. The van der Waals surface area contributed by atoms with Crippen LogP contribution in [0.25, 0.3) is 21.3 Å². The van der Waals surface area contributed by atoms with Gasteiger partial charge in [-0.1, -0.05) is 36.4 Å². The zero-order chi connectivity index (χ0) is 19.5. The maximum atomic E-state index is 13.1. The van der Waals surface area contributed by atoms with Gasteiger partial charge in [0.25, 0.3) is 5.56 Å². The largest absolute Gasteiger partial charge is 0.453 e. The second-order valence-corrected chi connectivity index (χ2v) is 7.63. The van der Waals surface area contributed by atoms with E-state index in [0.717, 1.165) is 11.1 Å². The molecule has 0 saturated carbocycles. The van der Waals surface area contributed by atoms with Crippen LogP contribution in [0.4, 0.5) is 0 Å². The molecule has 0 aliphatic carbocycles. The Labute approximate surface area is 167 Å². The van der Waals surface area contributed by atoms with Gasteiger partial charge in [-0.3, -0.25) is 9.36 Å². The first-order valence-corrected chi connectivity index (χ1v) is 10.1. The summed E-state index contributed by atoms with van der Waals surface area (Å²) in [5, 5.41) is 13.3. The summed E-state index contributed by atoms with van der Waals surface area (Å²) in [4.78, 5) is 30.7. The molecule has 0 aliphatic heterocycles. The number of thiophene rings is 2. The van der Waals surface area contributed by atoms with Gasteiger partial charge >= 0.3 is 5.97 Å². The molecule has 3 heterocycles. The van der Waals surface area contributed by atoms with E-state index in [1.165, 1.54) is 27.2 Å². The van der Waals surface area contributed by atoms with Crippen LogP contribution in [0.15, 0.2) is 58.0 Å². The van der Waals surface area contributed by atoms with Crippen LogP contribution < -0.4 is 5.56 Å². The van der Waals surface area contributed by atoms with Crippen molar-refractivity contribution in [3.05, 3.63) is 74.3 Å². The highest BCUT2D eigenvalue weighted by Crippen LogP contribution is 2.31. The number of carbonyl (C=O) groups excluding carboxylic acids is 1. The molecule has 0 saturated heterocycles. The summed E-state index contributed by atoms with van der Waals surface area (Å²) in [6, 6.07) is 15.0. The van der Waals surface area contributed by atoms with Gasteiger partial charge in [-0.2, -0.15) is 5.26 Å². The van der Waals surface area contributed by atoms with E-state index in [2.05, 4.69) is 4.98 Å². The van der Waals surface area contributed by atoms with Crippen LogP contribution in [0.3, 0.4) is 0 Å². The van der Waals surface area contributed by atoms with Crippen molar-refractivity contribution < 1.29 is 9.53 Å². The van der Waals surface area contributed by atoms with Crippen molar-refractivity contribution in [1.29, 1.82) is 5.26 Å². The predicted molar refractivity (Wildman–Crippen MR) is 108 cm³/mol. The summed E-state index contributed by atoms with van der Waals surface area (Å²) >= 11 is 2.62. The van der Waals surface area contributed by atoms with E-state index in [0.29, 0.717) is 15.1 Å². The summed E-state index contributed by atoms with van der Waals surface area (Å²) < 4.78 is 6.57. The monoisotopic (exact) mass is 407 g/mol. The number of hydrogen-bond donors (Lipinski definition) is 0. The second kappa shape index (κ2) is 7.76. The Morgan fingerprint density at radius 3 is 2.71 bits per heavy atom. The third kappa shape index (κ3) is 3.33. The zero-order valence-electron chi connectivity index (χ0n) is 14.5. The van der Waals surface area contributed by atoms with Crippen LogP contribution in [0.2, 0.25) is 0 Å². The van der Waals surface area contributed by atoms with Gasteiger partial charge in [0, 0.05) is 10.9 Å². The average molecular weight is 407 g/mol. The summed E-state index contributed by atoms with van der Waals surface area (Å²) in [5.41, 5.74) is 1.38. The Kier molecular flexibility index (Phi) is 5.02. The molecular weight excluding hydrogens is 394 g/mol. The number of fused-ring (bicyclic) bond motifs is 1. The molecule has 8 heteroatoms. The lowest BCUT2D eigenvalue weighted by atomic mass is 10.1. The second-order valence-electron chi connectivity index (χ2n) is 5.83. The number of nitriles is 1. The van der Waals surface area contributed by atoms with Crippen LogP contribution in [0.5, 0.6) is 0 Å². The van der Waals surface area contributed by atoms with Gasteiger partial charge in [-0.15, -0.1) is 22.7 Å². The number of hydrogen-bond acceptors (Lipinski definition) is 7. The minimum Gasteiger partial charge on any atom is -0.453 e. The number of esters is 1. The van der Waals surface area contributed by atoms with Crippen molar-refractivity contribution in [2.45, 2.75) is 13.2 Å². The van der Waals surface area contributed by atoms with Gasteiger partial charge in [0.1, 0.15) is 22.9 Å². The summed E-state index contributed by atoms with van der Waals surface area (Å²) in [7, 11) is 0. The molecule has 0 bridgehead atoms. The predicted octanol–water partition coefficient (Wildman–Crippen LogP) is 4.07. The maximum Gasteiger partial charge on any atom is 0.348 e. The van der Waals surface area contributed by atoms with Crippen LogP contribution >= 0.6 is 22.7 Å². The lowest BCUT2D eigenvalue weighted by molar-refractivity contribution is 0.0463. The number of nitrogens with zero attached hydrogens (tertiary/aromatic N) is 3. The summed E-state index contributed by atoms with van der Waals surface area (Å²) in [6.45, 7) is -0.347. The minimum atomic E-state index is -0.482. The fraction of sp³-hybridized carbons (Fsp3) is 0.100. The number of aromatic nitrogens is 2. The number of benzene rings is 1. The van der Waals surface area contributed by atoms with E-state index in [1.807, 2.05) is 41.8 Å². The molecule has 0 spiro atoms. The molecule has 6 nitrogen and oxygen atoms in total. The molecular formula is C20H13N3O3S2. The normalized spacial score (nSPS) is 10.7. The summed E-state index contributed by atoms with van der Waals surface area (Å²) in [5.74, 6) is -0.227. The maximum absolute atomic E-state index is 13.1.